The molecule has 24 heavy (non-hydrogen) atoms. The summed E-state index contributed by atoms with van der Waals surface area (Å²) in [6.07, 6.45) is 3.55. The van der Waals surface area contributed by atoms with Gasteiger partial charge in [-0.2, -0.15) is 11.8 Å². The van der Waals surface area contributed by atoms with Gasteiger partial charge in [0.05, 0.1) is 11.3 Å². The van der Waals surface area contributed by atoms with Crippen molar-refractivity contribution in [3.8, 4) is 0 Å². The zero-order valence-electron chi connectivity index (χ0n) is 13.2. The fourth-order valence-corrected chi connectivity index (χ4v) is 4.75. The van der Waals surface area contributed by atoms with Gasteiger partial charge in [0.25, 0.3) is 5.91 Å². The Labute approximate surface area is 149 Å². The molecule has 2 N–H and O–H groups in total. The lowest BCUT2D eigenvalue weighted by Crippen LogP contribution is -2.10. The van der Waals surface area contributed by atoms with E-state index in [2.05, 4.69) is 5.32 Å². The predicted octanol–water partition coefficient (Wildman–Crippen LogP) is 4.20. The standard InChI is InChI=1S/C18H19NO3S2/c20-17(21)7-8-23-11-12-3-1-5-14(9-12)19-18(22)16-10-13-4-2-6-15(13)24-16/h1,3,5,9-10H,2,4,6-8,11H2,(H,19,22)(H,20,21). The van der Waals surface area contributed by atoms with Gasteiger partial charge in [-0.3, -0.25) is 9.59 Å². The Morgan fingerprint density at radius 1 is 1.25 bits per heavy atom. The molecule has 4 nitrogen and oxygen atoms in total. The molecule has 6 heteroatoms. The minimum Gasteiger partial charge on any atom is -0.481 e. The van der Waals surface area contributed by atoms with Gasteiger partial charge in [-0.1, -0.05) is 12.1 Å². The van der Waals surface area contributed by atoms with E-state index in [1.54, 1.807) is 23.1 Å². The largest absolute Gasteiger partial charge is 0.481 e. The van der Waals surface area contributed by atoms with Crippen LogP contribution in [0, 0.1) is 0 Å². The summed E-state index contributed by atoms with van der Waals surface area (Å²) in [5.74, 6) is 0.508. The molecule has 1 heterocycles. The fourth-order valence-electron chi connectivity index (χ4n) is 2.72. The van der Waals surface area contributed by atoms with Gasteiger partial charge in [-0.25, -0.2) is 0 Å². The van der Waals surface area contributed by atoms with Gasteiger partial charge in [-0.15, -0.1) is 11.3 Å². The van der Waals surface area contributed by atoms with Gasteiger partial charge in [0.15, 0.2) is 0 Å². The first-order chi connectivity index (χ1) is 11.6. The van der Waals surface area contributed by atoms with E-state index in [1.807, 2.05) is 30.3 Å². The molecule has 0 aliphatic heterocycles. The number of aryl methyl sites for hydroxylation is 2. The third kappa shape index (κ3) is 4.39. The molecule has 3 rings (SSSR count). The second-order valence-electron chi connectivity index (χ2n) is 5.76. The van der Waals surface area contributed by atoms with Crippen LogP contribution in [0.5, 0.6) is 0 Å². The normalized spacial score (nSPS) is 12.8. The molecular formula is C18H19NO3S2. The molecule has 126 valence electrons. The number of amides is 1. The molecule has 0 saturated carbocycles. The summed E-state index contributed by atoms with van der Waals surface area (Å²) in [6, 6.07) is 9.76. The smallest absolute Gasteiger partial charge is 0.304 e. The van der Waals surface area contributed by atoms with Crippen LogP contribution in [0.4, 0.5) is 5.69 Å². The first-order valence-corrected chi connectivity index (χ1v) is 9.90. The number of anilines is 1. The van der Waals surface area contributed by atoms with Gasteiger partial charge >= 0.3 is 5.97 Å². The van der Waals surface area contributed by atoms with Crippen molar-refractivity contribution >= 4 is 40.7 Å². The maximum Gasteiger partial charge on any atom is 0.304 e. The molecule has 0 atom stereocenters. The van der Waals surface area contributed by atoms with Crippen molar-refractivity contribution in [2.24, 2.45) is 0 Å². The molecule has 0 bridgehead atoms. The molecule has 0 saturated heterocycles. The number of thioether (sulfide) groups is 1. The van der Waals surface area contributed by atoms with Crippen molar-refractivity contribution in [1.82, 2.24) is 0 Å². The number of fused-ring (bicyclic) bond motifs is 1. The van der Waals surface area contributed by atoms with E-state index in [0.717, 1.165) is 34.7 Å². The first-order valence-electron chi connectivity index (χ1n) is 7.93. The van der Waals surface area contributed by atoms with Gasteiger partial charge < -0.3 is 10.4 Å². The van der Waals surface area contributed by atoms with Crippen LogP contribution in [-0.2, 0) is 23.4 Å². The summed E-state index contributed by atoms with van der Waals surface area (Å²) >= 11 is 3.18. The van der Waals surface area contributed by atoms with Crippen LogP contribution < -0.4 is 5.32 Å². The van der Waals surface area contributed by atoms with Crippen molar-refractivity contribution in [3.63, 3.8) is 0 Å². The molecule has 0 fully saturated rings. The third-order valence-corrected chi connectivity index (χ3v) is 6.15. The summed E-state index contributed by atoms with van der Waals surface area (Å²) < 4.78 is 0. The summed E-state index contributed by atoms with van der Waals surface area (Å²) in [6.45, 7) is 0. The summed E-state index contributed by atoms with van der Waals surface area (Å²) in [5, 5.41) is 11.6. The predicted molar refractivity (Wildman–Crippen MR) is 99.2 cm³/mol. The van der Waals surface area contributed by atoms with E-state index in [0.29, 0.717) is 5.75 Å². The number of hydrogen-bond acceptors (Lipinski definition) is 4. The number of thiophene rings is 1. The first kappa shape index (κ1) is 17.0. The molecule has 1 aliphatic carbocycles. The van der Waals surface area contributed by atoms with Crippen LogP contribution in [0.15, 0.2) is 30.3 Å². The van der Waals surface area contributed by atoms with E-state index < -0.39 is 5.97 Å². The number of carboxylic acid groups (broad SMARTS) is 1. The Kier molecular flexibility index (Phi) is 5.58. The van der Waals surface area contributed by atoms with Crippen LogP contribution in [0.1, 0.15) is 38.5 Å². The topological polar surface area (TPSA) is 66.4 Å². The van der Waals surface area contributed by atoms with Crippen molar-refractivity contribution in [1.29, 1.82) is 0 Å². The molecule has 1 aromatic heterocycles. The van der Waals surface area contributed by atoms with Gasteiger partial charge in [0.1, 0.15) is 0 Å². The Bertz CT molecular complexity index is 733. The number of benzene rings is 1. The van der Waals surface area contributed by atoms with Crippen LogP contribution in [0.3, 0.4) is 0 Å². The minimum absolute atomic E-state index is 0.0509. The maximum atomic E-state index is 12.4. The minimum atomic E-state index is -0.772. The zero-order chi connectivity index (χ0) is 16.9. The second-order valence-corrected chi connectivity index (χ2v) is 8.01. The summed E-state index contributed by atoms with van der Waals surface area (Å²) in [7, 11) is 0. The van der Waals surface area contributed by atoms with E-state index >= 15 is 0 Å². The molecule has 2 aromatic rings. The number of hydrogen-bond donors (Lipinski definition) is 2. The molecule has 0 radical (unpaired) electrons. The number of carbonyl (C=O) groups is 2. The Morgan fingerprint density at radius 3 is 2.92 bits per heavy atom. The Hall–Kier alpha value is -1.79. The Morgan fingerprint density at radius 2 is 2.12 bits per heavy atom. The number of carbonyl (C=O) groups excluding carboxylic acids is 1. The van der Waals surface area contributed by atoms with Gasteiger partial charge in [0, 0.05) is 22.1 Å². The van der Waals surface area contributed by atoms with Crippen molar-refractivity contribution < 1.29 is 14.7 Å². The second kappa shape index (κ2) is 7.85. The van der Waals surface area contributed by atoms with E-state index in [4.69, 9.17) is 5.11 Å². The van der Waals surface area contributed by atoms with Crippen molar-refractivity contribution in [2.45, 2.75) is 31.4 Å². The highest BCUT2D eigenvalue weighted by Crippen LogP contribution is 2.31. The molecule has 1 aliphatic rings. The van der Waals surface area contributed by atoms with E-state index in [-0.39, 0.29) is 12.3 Å². The van der Waals surface area contributed by atoms with Crippen LogP contribution in [0.25, 0.3) is 0 Å². The van der Waals surface area contributed by atoms with E-state index in [9.17, 15) is 9.59 Å². The van der Waals surface area contributed by atoms with Crippen LogP contribution in [0.2, 0.25) is 0 Å². The number of rotatable bonds is 7. The SMILES string of the molecule is O=C(O)CCSCc1cccc(NC(=O)c2cc3c(s2)CCC3)c1. The lowest BCUT2D eigenvalue weighted by Gasteiger charge is -2.06. The lowest BCUT2D eigenvalue weighted by atomic mass is 10.2. The molecule has 0 unspecified atom stereocenters. The van der Waals surface area contributed by atoms with E-state index in [1.165, 1.54) is 16.9 Å². The Balaban J connectivity index is 1.57. The highest BCUT2D eigenvalue weighted by Gasteiger charge is 2.18. The highest BCUT2D eigenvalue weighted by molar-refractivity contribution is 7.98. The van der Waals surface area contributed by atoms with Gasteiger partial charge in [0.2, 0.25) is 0 Å². The van der Waals surface area contributed by atoms with Crippen LogP contribution >= 0.6 is 23.1 Å². The average Bonchev–Trinajstić information content (AvgIpc) is 3.13. The monoisotopic (exact) mass is 361 g/mol. The fraction of sp³-hybridized carbons (Fsp3) is 0.333. The molecular weight excluding hydrogens is 342 g/mol. The van der Waals surface area contributed by atoms with Gasteiger partial charge in [-0.05, 0) is 48.6 Å². The summed E-state index contributed by atoms with van der Waals surface area (Å²) in [5.41, 5.74) is 3.19. The molecule has 1 amide bonds. The quantitative estimate of drug-likeness (QED) is 0.726. The zero-order valence-corrected chi connectivity index (χ0v) is 14.8. The molecule has 0 spiro atoms. The van der Waals surface area contributed by atoms with Crippen molar-refractivity contribution in [3.05, 3.63) is 51.2 Å². The average molecular weight is 361 g/mol. The van der Waals surface area contributed by atoms with Crippen molar-refractivity contribution in [2.75, 3.05) is 11.1 Å². The third-order valence-electron chi connectivity index (χ3n) is 3.88. The summed E-state index contributed by atoms with van der Waals surface area (Å²) in [4.78, 5) is 25.0. The maximum absolute atomic E-state index is 12.4. The van der Waals surface area contributed by atoms with Crippen LogP contribution in [-0.4, -0.2) is 22.7 Å². The number of nitrogens with one attached hydrogen (secondary N) is 1. The lowest BCUT2D eigenvalue weighted by molar-refractivity contribution is -0.136. The number of carboxylic acids is 1. The highest BCUT2D eigenvalue weighted by atomic mass is 32.2. The molecule has 1 aromatic carbocycles. The number of aliphatic carboxylic acids is 1.